The van der Waals surface area contributed by atoms with Gasteiger partial charge in [-0.05, 0) is 31.0 Å². The molecule has 0 unspecified atom stereocenters. The lowest BCUT2D eigenvalue weighted by molar-refractivity contribution is 1.39. The lowest BCUT2D eigenvalue weighted by Gasteiger charge is -2.05. The summed E-state index contributed by atoms with van der Waals surface area (Å²) in [6.45, 7) is 4.06. The predicted molar refractivity (Wildman–Crippen MR) is 91.9 cm³/mol. The van der Waals surface area contributed by atoms with E-state index in [9.17, 15) is 0 Å². The van der Waals surface area contributed by atoms with Gasteiger partial charge in [-0.15, -0.1) is 0 Å². The van der Waals surface area contributed by atoms with E-state index in [0.717, 1.165) is 32.3 Å². The van der Waals surface area contributed by atoms with Crippen LogP contribution in [0.2, 0.25) is 5.02 Å². The number of aromatic nitrogens is 1. The fourth-order valence-electron chi connectivity index (χ4n) is 2.17. The molecule has 3 aromatic rings. The second-order valence-corrected chi connectivity index (χ2v) is 6.50. The van der Waals surface area contributed by atoms with Crippen LogP contribution in [0.5, 0.6) is 0 Å². The Balaban J connectivity index is 2.15. The SMILES string of the molecule is Cc1ccc(-c2sc(N)nc2-c2ccc(C)c(Cl)c2)cc1. The molecule has 2 aromatic carbocycles. The zero-order chi connectivity index (χ0) is 15.0. The molecule has 0 spiro atoms. The number of aryl methyl sites for hydroxylation is 2. The molecule has 21 heavy (non-hydrogen) atoms. The summed E-state index contributed by atoms with van der Waals surface area (Å²) in [6.07, 6.45) is 0. The fourth-order valence-corrected chi connectivity index (χ4v) is 3.21. The number of rotatable bonds is 2. The van der Waals surface area contributed by atoms with Crippen LogP contribution in [0.25, 0.3) is 21.7 Å². The van der Waals surface area contributed by atoms with E-state index in [4.69, 9.17) is 17.3 Å². The minimum atomic E-state index is 0.567. The van der Waals surface area contributed by atoms with Crippen LogP contribution in [0.15, 0.2) is 42.5 Å². The van der Waals surface area contributed by atoms with Gasteiger partial charge in [-0.1, -0.05) is 64.9 Å². The molecule has 2 N–H and O–H groups in total. The highest BCUT2D eigenvalue weighted by atomic mass is 35.5. The highest BCUT2D eigenvalue weighted by molar-refractivity contribution is 7.19. The number of nitrogens with two attached hydrogens (primary N) is 1. The second-order valence-electron chi connectivity index (χ2n) is 5.06. The third-order valence-electron chi connectivity index (χ3n) is 3.40. The van der Waals surface area contributed by atoms with E-state index in [2.05, 4.69) is 36.2 Å². The molecule has 0 aliphatic rings. The number of nitrogen functional groups attached to an aromatic ring is 1. The average molecular weight is 315 g/mol. The number of benzene rings is 2. The van der Waals surface area contributed by atoms with Crippen molar-refractivity contribution >= 4 is 28.1 Å². The van der Waals surface area contributed by atoms with Gasteiger partial charge in [-0.2, -0.15) is 0 Å². The number of hydrogen-bond acceptors (Lipinski definition) is 3. The Kier molecular flexibility index (Phi) is 3.70. The third kappa shape index (κ3) is 2.80. The highest BCUT2D eigenvalue weighted by Crippen LogP contribution is 2.38. The summed E-state index contributed by atoms with van der Waals surface area (Å²) in [5, 5.41) is 1.31. The van der Waals surface area contributed by atoms with Gasteiger partial charge in [0.05, 0.1) is 10.6 Å². The molecule has 0 aliphatic carbocycles. The quantitative estimate of drug-likeness (QED) is 0.694. The van der Waals surface area contributed by atoms with Gasteiger partial charge in [0.2, 0.25) is 0 Å². The van der Waals surface area contributed by atoms with Crippen LogP contribution < -0.4 is 5.73 Å². The lowest BCUT2D eigenvalue weighted by atomic mass is 10.0. The monoisotopic (exact) mass is 314 g/mol. The van der Waals surface area contributed by atoms with Crippen molar-refractivity contribution in [2.75, 3.05) is 5.73 Å². The normalized spacial score (nSPS) is 10.8. The Bertz CT molecular complexity index is 791. The molecule has 2 nitrogen and oxygen atoms in total. The molecule has 0 aliphatic heterocycles. The topological polar surface area (TPSA) is 38.9 Å². The fraction of sp³-hybridized carbons (Fsp3) is 0.118. The third-order valence-corrected chi connectivity index (χ3v) is 4.74. The van der Waals surface area contributed by atoms with Crippen molar-refractivity contribution in [2.45, 2.75) is 13.8 Å². The van der Waals surface area contributed by atoms with E-state index in [1.165, 1.54) is 16.9 Å². The smallest absolute Gasteiger partial charge is 0.181 e. The van der Waals surface area contributed by atoms with Crippen LogP contribution >= 0.6 is 22.9 Å². The summed E-state index contributed by atoms with van der Waals surface area (Å²) in [5.74, 6) is 0. The van der Waals surface area contributed by atoms with Gasteiger partial charge in [-0.25, -0.2) is 4.98 Å². The Morgan fingerprint density at radius 1 is 1.00 bits per heavy atom. The minimum Gasteiger partial charge on any atom is -0.375 e. The standard InChI is InChI=1S/C17H15ClN2S/c1-10-3-6-12(7-4-10)16-15(20-17(19)21-16)13-8-5-11(2)14(18)9-13/h3-9H,1-2H3,(H2,19,20). The molecule has 1 aromatic heterocycles. The highest BCUT2D eigenvalue weighted by Gasteiger charge is 2.14. The Morgan fingerprint density at radius 3 is 2.33 bits per heavy atom. The number of thiazole rings is 1. The first kappa shape index (κ1) is 14.1. The molecule has 3 rings (SSSR count). The van der Waals surface area contributed by atoms with Crippen molar-refractivity contribution in [1.82, 2.24) is 4.98 Å². The molecule has 0 bridgehead atoms. The van der Waals surface area contributed by atoms with Crippen molar-refractivity contribution in [1.29, 1.82) is 0 Å². The second kappa shape index (κ2) is 5.51. The van der Waals surface area contributed by atoms with Crippen LogP contribution in [0, 0.1) is 13.8 Å². The van der Waals surface area contributed by atoms with Crippen LogP contribution in [-0.4, -0.2) is 4.98 Å². The number of nitrogens with zero attached hydrogens (tertiary/aromatic N) is 1. The zero-order valence-electron chi connectivity index (χ0n) is 11.9. The maximum absolute atomic E-state index is 6.23. The minimum absolute atomic E-state index is 0.567. The summed E-state index contributed by atoms with van der Waals surface area (Å²) < 4.78 is 0. The predicted octanol–water partition coefficient (Wildman–Crippen LogP) is 5.33. The van der Waals surface area contributed by atoms with Crippen molar-refractivity contribution < 1.29 is 0 Å². The average Bonchev–Trinajstić information content (AvgIpc) is 2.85. The van der Waals surface area contributed by atoms with Crippen molar-refractivity contribution in [3.63, 3.8) is 0 Å². The molecule has 0 amide bonds. The van der Waals surface area contributed by atoms with Gasteiger partial charge in [0.25, 0.3) is 0 Å². The van der Waals surface area contributed by atoms with Crippen LogP contribution in [0.3, 0.4) is 0 Å². The van der Waals surface area contributed by atoms with E-state index < -0.39 is 0 Å². The Labute approximate surface area is 133 Å². The van der Waals surface area contributed by atoms with Gasteiger partial charge in [0.1, 0.15) is 0 Å². The lowest BCUT2D eigenvalue weighted by Crippen LogP contribution is -1.86. The number of anilines is 1. The summed E-state index contributed by atoms with van der Waals surface area (Å²) in [5.41, 5.74) is 11.2. The number of halogens is 1. The van der Waals surface area contributed by atoms with E-state index in [0.29, 0.717) is 5.13 Å². The molecule has 4 heteroatoms. The van der Waals surface area contributed by atoms with Crippen LogP contribution in [0.1, 0.15) is 11.1 Å². The van der Waals surface area contributed by atoms with Gasteiger partial charge >= 0.3 is 0 Å². The van der Waals surface area contributed by atoms with E-state index in [1.54, 1.807) is 0 Å². The van der Waals surface area contributed by atoms with Crippen LogP contribution in [0.4, 0.5) is 5.13 Å². The molecule has 0 atom stereocenters. The first-order valence-corrected chi connectivity index (χ1v) is 7.84. The van der Waals surface area contributed by atoms with E-state index in [-0.39, 0.29) is 0 Å². The summed E-state index contributed by atoms with van der Waals surface area (Å²) in [6, 6.07) is 14.4. The van der Waals surface area contributed by atoms with Gasteiger partial charge < -0.3 is 5.73 Å². The Morgan fingerprint density at radius 2 is 1.67 bits per heavy atom. The number of hydrogen-bond donors (Lipinski definition) is 1. The van der Waals surface area contributed by atoms with Gasteiger partial charge in [0, 0.05) is 10.6 Å². The molecule has 0 saturated heterocycles. The van der Waals surface area contributed by atoms with Crippen LogP contribution in [-0.2, 0) is 0 Å². The Hall–Kier alpha value is -1.84. The first-order chi connectivity index (χ1) is 10.0. The maximum atomic E-state index is 6.23. The maximum Gasteiger partial charge on any atom is 0.181 e. The first-order valence-electron chi connectivity index (χ1n) is 6.64. The van der Waals surface area contributed by atoms with Gasteiger partial charge in [-0.3, -0.25) is 0 Å². The molecular formula is C17H15ClN2S. The summed E-state index contributed by atoms with van der Waals surface area (Å²) in [7, 11) is 0. The molecule has 1 heterocycles. The van der Waals surface area contributed by atoms with Gasteiger partial charge in [0.15, 0.2) is 5.13 Å². The molecular weight excluding hydrogens is 300 g/mol. The largest absolute Gasteiger partial charge is 0.375 e. The van der Waals surface area contributed by atoms with Crippen molar-refractivity contribution in [3.8, 4) is 21.7 Å². The molecule has 106 valence electrons. The summed E-state index contributed by atoms with van der Waals surface area (Å²) >= 11 is 7.74. The molecule has 0 saturated carbocycles. The van der Waals surface area contributed by atoms with Crippen molar-refractivity contribution in [2.24, 2.45) is 0 Å². The molecule has 0 fully saturated rings. The zero-order valence-corrected chi connectivity index (χ0v) is 13.4. The van der Waals surface area contributed by atoms with E-state index in [1.807, 2.05) is 25.1 Å². The van der Waals surface area contributed by atoms with E-state index >= 15 is 0 Å². The molecule has 0 radical (unpaired) electrons. The summed E-state index contributed by atoms with van der Waals surface area (Å²) in [4.78, 5) is 5.56. The van der Waals surface area contributed by atoms with Crippen molar-refractivity contribution in [3.05, 3.63) is 58.6 Å².